The van der Waals surface area contributed by atoms with Gasteiger partial charge in [-0.3, -0.25) is 0 Å². The molecule has 0 aliphatic rings. The molecule has 1 N–H and O–H groups in total. The van der Waals surface area contributed by atoms with Gasteiger partial charge in [-0.2, -0.15) is 8.42 Å². The Hall–Kier alpha value is -1.57. The number of halogens is 1. The molecule has 7 heteroatoms. The van der Waals surface area contributed by atoms with Crippen molar-refractivity contribution in [2.24, 2.45) is 0 Å². The second-order valence-corrected chi connectivity index (χ2v) is 7.02. The molecule has 2 aromatic rings. The fourth-order valence-electron chi connectivity index (χ4n) is 1.81. The van der Waals surface area contributed by atoms with Gasteiger partial charge in [0.1, 0.15) is 4.90 Å². The van der Waals surface area contributed by atoms with E-state index in [0.29, 0.717) is 10.0 Å². The highest BCUT2D eigenvalue weighted by molar-refractivity contribution is 9.10. The first-order chi connectivity index (χ1) is 10.4. The molecule has 0 atom stereocenters. The average Bonchev–Trinajstić information content (AvgIpc) is 2.49. The Morgan fingerprint density at radius 1 is 1.18 bits per heavy atom. The highest BCUT2D eigenvalue weighted by Crippen LogP contribution is 2.38. The van der Waals surface area contributed by atoms with E-state index in [9.17, 15) is 13.5 Å². The summed E-state index contributed by atoms with van der Waals surface area (Å²) in [5.41, 5.74) is 1.52. The Morgan fingerprint density at radius 3 is 2.36 bits per heavy atom. The van der Waals surface area contributed by atoms with Crippen LogP contribution in [0.4, 0.5) is 0 Å². The predicted octanol–water partition coefficient (Wildman–Crippen LogP) is 3.03. The lowest BCUT2D eigenvalue weighted by molar-refractivity contribution is 0.280. The number of rotatable bonds is 5. The second-order valence-electron chi connectivity index (χ2n) is 4.62. The molecule has 2 aromatic carbocycles. The van der Waals surface area contributed by atoms with E-state index in [1.807, 2.05) is 6.92 Å². The van der Waals surface area contributed by atoms with Gasteiger partial charge in [0, 0.05) is 0 Å². The molecule has 0 saturated carbocycles. The van der Waals surface area contributed by atoms with Crippen LogP contribution in [0.3, 0.4) is 0 Å². The van der Waals surface area contributed by atoms with Crippen molar-refractivity contribution in [1.29, 1.82) is 0 Å². The van der Waals surface area contributed by atoms with Crippen LogP contribution >= 0.6 is 15.9 Å². The Kier molecular flexibility index (Phi) is 5.10. The van der Waals surface area contributed by atoms with Gasteiger partial charge in [-0.1, -0.05) is 17.7 Å². The molecule has 0 saturated heterocycles. The van der Waals surface area contributed by atoms with E-state index in [1.165, 1.54) is 25.3 Å². The van der Waals surface area contributed by atoms with E-state index in [1.54, 1.807) is 18.2 Å². The SMILES string of the molecule is COc1cc(CO)cc(Br)c1OS(=O)(=O)c1ccc(C)cc1. The van der Waals surface area contributed by atoms with E-state index < -0.39 is 10.1 Å². The van der Waals surface area contributed by atoms with Crippen LogP contribution < -0.4 is 8.92 Å². The summed E-state index contributed by atoms with van der Waals surface area (Å²) in [6.07, 6.45) is 0. The van der Waals surface area contributed by atoms with E-state index in [2.05, 4.69) is 15.9 Å². The fourth-order valence-corrected chi connectivity index (χ4v) is 3.44. The monoisotopic (exact) mass is 386 g/mol. The van der Waals surface area contributed by atoms with Crippen LogP contribution in [0.15, 0.2) is 45.8 Å². The van der Waals surface area contributed by atoms with Gasteiger partial charge in [0.25, 0.3) is 0 Å². The van der Waals surface area contributed by atoms with Crippen molar-refractivity contribution in [3.8, 4) is 11.5 Å². The Balaban J connectivity index is 2.43. The molecule has 0 radical (unpaired) electrons. The summed E-state index contributed by atoms with van der Waals surface area (Å²) in [5, 5.41) is 9.17. The predicted molar refractivity (Wildman–Crippen MR) is 85.6 cm³/mol. The van der Waals surface area contributed by atoms with Gasteiger partial charge in [-0.05, 0) is 52.7 Å². The minimum atomic E-state index is -3.98. The molecule has 0 aliphatic heterocycles. The van der Waals surface area contributed by atoms with Crippen molar-refractivity contribution in [1.82, 2.24) is 0 Å². The number of ether oxygens (including phenoxy) is 1. The minimum Gasteiger partial charge on any atom is -0.493 e. The zero-order valence-electron chi connectivity index (χ0n) is 12.0. The van der Waals surface area contributed by atoms with Crippen LogP contribution in [0.2, 0.25) is 0 Å². The zero-order valence-corrected chi connectivity index (χ0v) is 14.4. The van der Waals surface area contributed by atoms with Gasteiger partial charge in [0.2, 0.25) is 0 Å². The third-order valence-corrected chi connectivity index (χ3v) is 4.80. The molecule has 5 nitrogen and oxygen atoms in total. The molecular weight excluding hydrogens is 372 g/mol. The standard InChI is InChI=1S/C15H15BrO5S/c1-10-3-5-12(6-4-10)22(18,19)21-15-13(16)7-11(9-17)8-14(15)20-2/h3-8,17H,9H2,1-2H3. The molecule has 118 valence electrons. The summed E-state index contributed by atoms with van der Waals surface area (Å²) in [7, 11) is -2.58. The Bertz CT molecular complexity index is 769. The number of aryl methyl sites for hydroxylation is 1. The van der Waals surface area contributed by atoms with Crippen LogP contribution in [0.1, 0.15) is 11.1 Å². The molecule has 0 spiro atoms. The number of hydrogen-bond acceptors (Lipinski definition) is 5. The van der Waals surface area contributed by atoms with Gasteiger partial charge in [0.05, 0.1) is 18.2 Å². The van der Waals surface area contributed by atoms with Gasteiger partial charge in [-0.25, -0.2) is 0 Å². The summed E-state index contributed by atoms with van der Waals surface area (Å²) in [6, 6.07) is 9.43. The highest BCUT2D eigenvalue weighted by Gasteiger charge is 2.21. The summed E-state index contributed by atoms with van der Waals surface area (Å²) < 4.78 is 35.4. The van der Waals surface area contributed by atoms with Crippen LogP contribution in [-0.4, -0.2) is 20.6 Å². The van der Waals surface area contributed by atoms with E-state index in [-0.39, 0.29) is 23.0 Å². The Labute approximate surface area is 137 Å². The van der Waals surface area contributed by atoms with Crippen molar-refractivity contribution in [2.45, 2.75) is 18.4 Å². The molecule has 22 heavy (non-hydrogen) atoms. The fraction of sp³-hybridized carbons (Fsp3) is 0.200. The van der Waals surface area contributed by atoms with Crippen LogP contribution in [0.5, 0.6) is 11.5 Å². The quantitative estimate of drug-likeness (QED) is 0.799. The van der Waals surface area contributed by atoms with Gasteiger partial charge < -0.3 is 14.0 Å². The normalized spacial score (nSPS) is 11.3. The molecule has 0 unspecified atom stereocenters. The third kappa shape index (κ3) is 3.60. The largest absolute Gasteiger partial charge is 0.493 e. The summed E-state index contributed by atoms with van der Waals surface area (Å²) in [6.45, 7) is 1.67. The maximum Gasteiger partial charge on any atom is 0.339 e. The van der Waals surface area contributed by atoms with Crippen LogP contribution in [-0.2, 0) is 16.7 Å². The molecule has 0 amide bonds. The molecule has 0 bridgehead atoms. The summed E-state index contributed by atoms with van der Waals surface area (Å²) >= 11 is 3.24. The molecule has 0 heterocycles. The third-order valence-electron chi connectivity index (χ3n) is 2.97. The average molecular weight is 387 g/mol. The van der Waals surface area contributed by atoms with Crippen molar-refractivity contribution in [2.75, 3.05) is 7.11 Å². The zero-order chi connectivity index (χ0) is 16.3. The lowest BCUT2D eigenvalue weighted by Crippen LogP contribution is -2.11. The smallest absolute Gasteiger partial charge is 0.339 e. The van der Waals surface area contributed by atoms with E-state index in [0.717, 1.165) is 5.56 Å². The summed E-state index contributed by atoms with van der Waals surface area (Å²) in [5.74, 6) is 0.259. The first-order valence-electron chi connectivity index (χ1n) is 6.36. The molecular formula is C15H15BrO5S. The van der Waals surface area contributed by atoms with Crippen molar-refractivity contribution in [3.63, 3.8) is 0 Å². The maximum absolute atomic E-state index is 12.3. The number of aliphatic hydroxyl groups excluding tert-OH is 1. The van der Waals surface area contributed by atoms with Crippen molar-refractivity contribution >= 4 is 26.0 Å². The topological polar surface area (TPSA) is 72.8 Å². The number of aliphatic hydroxyl groups is 1. The van der Waals surface area contributed by atoms with Gasteiger partial charge >= 0.3 is 10.1 Å². The Morgan fingerprint density at radius 2 is 1.82 bits per heavy atom. The number of hydrogen-bond donors (Lipinski definition) is 1. The van der Waals surface area contributed by atoms with Crippen LogP contribution in [0.25, 0.3) is 0 Å². The van der Waals surface area contributed by atoms with Gasteiger partial charge in [0.15, 0.2) is 11.5 Å². The van der Waals surface area contributed by atoms with Crippen molar-refractivity contribution < 1.29 is 22.4 Å². The molecule has 2 rings (SSSR count). The highest BCUT2D eigenvalue weighted by atomic mass is 79.9. The molecule has 0 aromatic heterocycles. The van der Waals surface area contributed by atoms with Gasteiger partial charge in [-0.15, -0.1) is 0 Å². The van der Waals surface area contributed by atoms with Crippen LogP contribution in [0, 0.1) is 6.92 Å². The summed E-state index contributed by atoms with van der Waals surface area (Å²) in [4.78, 5) is 0.0540. The molecule has 0 fully saturated rings. The van der Waals surface area contributed by atoms with E-state index in [4.69, 9.17) is 8.92 Å². The molecule has 0 aliphatic carbocycles. The maximum atomic E-state index is 12.3. The van der Waals surface area contributed by atoms with Crippen molar-refractivity contribution in [3.05, 3.63) is 52.0 Å². The number of benzene rings is 2. The second kappa shape index (κ2) is 6.68. The van der Waals surface area contributed by atoms with E-state index >= 15 is 0 Å². The minimum absolute atomic E-state index is 0.0419. The lowest BCUT2D eigenvalue weighted by atomic mass is 10.2. The lowest BCUT2D eigenvalue weighted by Gasteiger charge is -2.13. The number of methoxy groups -OCH3 is 1. The first-order valence-corrected chi connectivity index (χ1v) is 8.56. The first kappa shape index (κ1) is 16.8.